The summed E-state index contributed by atoms with van der Waals surface area (Å²) >= 11 is 0. The van der Waals surface area contributed by atoms with Crippen LogP contribution in [0.2, 0.25) is 0 Å². The molecule has 106 valence electrons. The van der Waals surface area contributed by atoms with Crippen molar-refractivity contribution >= 4 is 10.0 Å². The molecule has 2 aliphatic rings. The van der Waals surface area contributed by atoms with Gasteiger partial charge in [-0.15, -0.1) is 0 Å². The Morgan fingerprint density at radius 1 is 1.22 bits per heavy atom. The number of rotatable bonds is 4. The highest BCUT2D eigenvalue weighted by Crippen LogP contribution is 2.29. The van der Waals surface area contributed by atoms with E-state index in [1.807, 2.05) is 0 Å². The van der Waals surface area contributed by atoms with E-state index in [1.165, 1.54) is 12.8 Å². The van der Waals surface area contributed by atoms with E-state index in [1.54, 1.807) is 11.2 Å². The van der Waals surface area contributed by atoms with Crippen LogP contribution in [0.3, 0.4) is 0 Å². The molecular weight excluding hydrogens is 250 g/mol. The highest BCUT2D eigenvalue weighted by molar-refractivity contribution is 7.89. The normalized spacial score (nSPS) is 29.6. The number of sulfonamides is 1. The molecule has 1 N–H and O–H groups in total. The van der Waals surface area contributed by atoms with Crippen LogP contribution in [0.15, 0.2) is 0 Å². The summed E-state index contributed by atoms with van der Waals surface area (Å²) in [6.07, 6.45) is 5.88. The Bertz CT molecular complexity index is 360. The van der Waals surface area contributed by atoms with E-state index in [9.17, 15) is 13.5 Å². The molecule has 0 radical (unpaired) electrons. The van der Waals surface area contributed by atoms with Gasteiger partial charge in [-0.3, -0.25) is 0 Å². The Hall–Kier alpha value is -0.130. The van der Waals surface area contributed by atoms with Gasteiger partial charge >= 0.3 is 0 Å². The molecule has 1 saturated carbocycles. The predicted molar refractivity (Wildman–Crippen MR) is 71.7 cm³/mol. The van der Waals surface area contributed by atoms with E-state index in [-0.39, 0.29) is 5.92 Å². The van der Waals surface area contributed by atoms with Gasteiger partial charge < -0.3 is 5.11 Å². The number of piperidine rings is 1. The summed E-state index contributed by atoms with van der Waals surface area (Å²) in [4.78, 5) is 0. The third-order valence-corrected chi connectivity index (χ3v) is 6.43. The summed E-state index contributed by atoms with van der Waals surface area (Å²) in [7, 11) is -3.11. The van der Waals surface area contributed by atoms with Crippen LogP contribution < -0.4 is 0 Å². The van der Waals surface area contributed by atoms with Gasteiger partial charge in [0.25, 0.3) is 0 Å². The minimum absolute atomic E-state index is 0.108. The van der Waals surface area contributed by atoms with E-state index in [0.29, 0.717) is 24.8 Å². The number of nitrogens with zero attached hydrogens (tertiary/aromatic N) is 1. The smallest absolute Gasteiger partial charge is 0.214 e. The number of aliphatic hydroxyl groups excluding tert-OH is 1. The van der Waals surface area contributed by atoms with E-state index >= 15 is 0 Å². The molecule has 0 aromatic rings. The van der Waals surface area contributed by atoms with Crippen molar-refractivity contribution in [3.63, 3.8) is 0 Å². The van der Waals surface area contributed by atoms with Gasteiger partial charge in [-0.2, -0.15) is 0 Å². The van der Waals surface area contributed by atoms with Crippen molar-refractivity contribution in [2.24, 2.45) is 11.8 Å². The fraction of sp³-hybridized carbons (Fsp3) is 1.00. The summed E-state index contributed by atoms with van der Waals surface area (Å²) in [5, 5.41) is 9.62. The van der Waals surface area contributed by atoms with Gasteiger partial charge in [0.2, 0.25) is 10.0 Å². The van der Waals surface area contributed by atoms with Gasteiger partial charge in [-0.1, -0.05) is 12.8 Å². The lowest BCUT2D eigenvalue weighted by Gasteiger charge is -2.33. The zero-order chi connectivity index (χ0) is 13.2. The molecule has 1 aliphatic heterocycles. The zero-order valence-corrected chi connectivity index (χ0v) is 12.0. The van der Waals surface area contributed by atoms with Crippen LogP contribution in [0.25, 0.3) is 0 Å². The second kappa shape index (κ2) is 5.88. The Labute approximate surface area is 110 Å². The van der Waals surface area contributed by atoms with E-state index in [0.717, 1.165) is 25.7 Å². The topological polar surface area (TPSA) is 57.6 Å². The van der Waals surface area contributed by atoms with E-state index in [2.05, 4.69) is 0 Å². The third kappa shape index (κ3) is 3.45. The van der Waals surface area contributed by atoms with Gasteiger partial charge in [0, 0.05) is 13.1 Å². The molecule has 1 saturated heterocycles. The maximum absolute atomic E-state index is 12.4. The highest BCUT2D eigenvalue weighted by Gasteiger charge is 2.33. The molecule has 0 aromatic carbocycles. The second-order valence-corrected chi connectivity index (χ2v) is 7.94. The molecule has 18 heavy (non-hydrogen) atoms. The first kappa shape index (κ1) is 14.3. The van der Waals surface area contributed by atoms with Gasteiger partial charge in [-0.05, 0) is 44.4 Å². The maximum atomic E-state index is 12.4. The predicted octanol–water partition coefficient (Wildman–Crippen LogP) is 1.60. The first-order chi connectivity index (χ1) is 8.49. The largest absolute Gasteiger partial charge is 0.393 e. The van der Waals surface area contributed by atoms with Crippen LogP contribution in [0.5, 0.6) is 0 Å². The molecule has 2 fully saturated rings. The molecule has 2 atom stereocenters. The Kier molecular flexibility index (Phi) is 4.67. The Morgan fingerprint density at radius 2 is 1.89 bits per heavy atom. The van der Waals surface area contributed by atoms with Gasteiger partial charge in [0.15, 0.2) is 0 Å². The van der Waals surface area contributed by atoms with Crippen molar-refractivity contribution in [1.29, 1.82) is 0 Å². The van der Waals surface area contributed by atoms with Crippen LogP contribution >= 0.6 is 0 Å². The standard InChI is InChI=1S/C13H25NO3S/c1-11(15)13-7-4-8-14(9-13)18(16,17)10-12-5-2-3-6-12/h11-13,15H,2-10H2,1H3. The molecule has 4 nitrogen and oxygen atoms in total. The van der Waals surface area contributed by atoms with Crippen LogP contribution in [0.4, 0.5) is 0 Å². The van der Waals surface area contributed by atoms with Gasteiger partial charge in [0.05, 0.1) is 11.9 Å². The van der Waals surface area contributed by atoms with Crippen LogP contribution in [-0.2, 0) is 10.0 Å². The molecule has 2 rings (SSSR count). The van der Waals surface area contributed by atoms with Crippen LogP contribution in [0, 0.1) is 11.8 Å². The minimum Gasteiger partial charge on any atom is -0.393 e. The molecular formula is C13H25NO3S. The van der Waals surface area contributed by atoms with Crippen molar-refractivity contribution in [1.82, 2.24) is 4.31 Å². The first-order valence-corrected chi connectivity index (χ1v) is 8.76. The molecule has 1 heterocycles. The first-order valence-electron chi connectivity index (χ1n) is 7.15. The summed E-state index contributed by atoms with van der Waals surface area (Å²) in [5.41, 5.74) is 0. The van der Waals surface area contributed by atoms with Crippen molar-refractivity contribution in [2.75, 3.05) is 18.8 Å². The average Bonchev–Trinajstić information content (AvgIpc) is 2.81. The maximum Gasteiger partial charge on any atom is 0.214 e. The summed E-state index contributed by atoms with van der Waals surface area (Å²) in [6.45, 7) is 2.91. The molecule has 0 spiro atoms. The van der Waals surface area contributed by atoms with Crippen molar-refractivity contribution in [3.05, 3.63) is 0 Å². The average molecular weight is 275 g/mol. The van der Waals surface area contributed by atoms with Crippen LogP contribution in [0.1, 0.15) is 45.4 Å². The molecule has 1 aliphatic carbocycles. The molecule has 0 amide bonds. The van der Waals surface area contributed by atoms with Crippen LogP contribution in [-0.4, -0.2) is 42.8 Å². The lowest BCUT2D eigenvalue weighted by molar-refractivity contribution is 0.0884. The number of hydrogen-bond donors (Lipinski definition) is 1. The number of hydrogen-bond acceptors (Lipinski definition) is 3. The third-order valence-electron chi connectivity index (χ3n) is 4.42. The zero-order valence-electron chi connectivity index (χ0n) is 11.2. The second-order valence-electron chi connectivity index (χ2n) is 5.93. The summed E-state index contributed by atoms with van der Waals surface area (Å²) < 4.78 is 26.3. The lowest BCUT2D eigenvalue weighted by Crippen LogP contribution is -2.44. The molecule has 5 heteroatoms. The Morgan fingerprint density at radius 3 is 2.50 bits per heavy atom. The van der Waals surface area contributed by atoms with Crippen molar-refractivity contribution in [2.45, 2.75) is 51.6 Å². The molecule has 0 bridgehead atoms. The summed E-state index contributed by atoms with van der Waals surface area (Å²) in [6, 6.07) is 0. The highest BCUT2D eigenvalue weighted by atomic mass is 32.2. The molecule has 2 unspecified atom stereocenters. The quantitative estimate of drug-likeness (QED) is 0.848. The van der Waals surface area contributed by atoms with Crippen molar-refractivity contribution in [3.8, 4) is 0 Å². The van der Waals surface area contributed by atoms with Crippen molar-refractivity contribution < 1.29 is 13.5 Å². The van der Waals surface area contributed by atoms with Gasteiger partial charge in [0.1, 0.15) is 0 Å². The Balaban J connectivity index is 1.95. The van der Waals surface area contributed by atoms with Gasteiger partial charge in [-0.25, -0.2) is 12.7 Å². The SMILES string of the molecule is CC(O)C1CCCN(S(=O)(=O)CC2CCCC2)C1. The van der Waals surface area contributed by atoms with E-state index in [4.69, 9.17) is 0 Å². The minimum atomic E-state index is -3.11. The monoisotopic (exact) mass is 275 g/mol. The fourth-order valence-corrected chi connectivity index (χ4v) is 5.17. The van der Waals surface area contributed by atoms with E-state index < -0.39 is 16.1 Å². The lowest BCUT2D eigenvalue weighted by atomic mass is 9.95. The number of aliphatic hydroxyl groups is 1. The molecule has 0 aromatic heterocycles. The summed E-state index contributed by atoms with van der Waals surface area (Å²) in [5.74, 6) is 0.790. The fourth-order valence-electron chi connectivity index (χ4n) is 3.20.